The van der Waals surface area contributed by atoms with Crippen LogP contribution in [0.3, 0.4) is 0 Å². The van der Waals surface area contributed by atoms with Crippen LogP contribution in [0.15, 0.2) is 30.5 Å². The van der Waals surface area contributed by atoms with Crippen LogP contribution >= 0.6 is 23.2 Å². The van der Waals surface area contributed by atoms with Crippen molar-refractivity contribution in [2.45, 2.75) is 25.4 Å². The van der Waals surface area contributed by atoms with Crippen molar-refractivity contribution in [3.63, 3.8) is 0 Å². The number of rotatable bonds is 9. The lowest BCUT2D eigenvalue weighted by atomic mass is 10.0. The van der Waals surface area contributed by atoms with E-state index < -0.39 is 5.60 Å². The molecule has 1 atom stereocenters. The van der Waals surface area contributed by atoms with Gasteiger partial charge in [-0.1, -0.05) is 29.3 Å². The Morgan fingerprint density at radius 1 is 1.28 bits per heavy atom. The number of pyridine rings is 1. The van der Waals surface area contributed by atoms with Gasteiger partial charge in [0.1, 0.15) is 6.61 Å². The van der Waals surface area contributed by atoms with Crippen molar-refractivity contribution in [3.05, 3.63) is 46.1 Å². The second-order valence-corrected chi connectivity index (χ2v) is 8.20. The Balaban J connectivity index is 1.85. The predicted octanol–water partition coefficient (Wildman–Crippen LogP) is 3.97. The predicted molar refractivity (Wildman–Crippen MR) is 113 cm³/mol. The lowest BCUT2D eigenvalue weighted by Gasteiger charge is -2.23. The number of nitrogens with zero attached hydrogens (tertiary/aromatic N) is 1. The fraction of sp³-hybridized carbons (Fsp3) is 0.429. The molecule has 0 bridgehead atoms. The van der Waals surface area contributed by atoms with Crippen LogP contribution in [0.25, 0.3) is 11.1 Å². The highest BCUT2D eigenvalue weighted by Gasteiger charge is 2.40. The van der Waals surface area contributed by atoms with Crippen molar-refractivity contribution in [3.8, 4) is 17.0 Å². The van der Waals surface area contributed by atoms with Gasteiger partial charge in [0.25, 0.3) is 5.91 Å². The van der Waals surface area contributed by atoms with Crippen LogP contribution < -0.4 is 10.1 Å². The van der Waals surface area contributed by atoms with Gasteiger partial charge in [-0.25, -0.2) is 4.98 Å². The lowest BCUT2D eigenvalue weighted by Crippen LogP contribution is -2.42. The zero-order valence-electron chi connectivity index (χ0n) is 16.4. The van der Waals surface area contributed by atoms with Crippen molar-refractivity contribution in [1.82, 2.24) is 10.3 Å². The summed E-state index contributed by atoms with van der Waals surface area (Å²) in [4.78, 5) is 17.0. The number of carbonyl (C=O) groups excluding carboxylic acids is 1. The summed E-state index contributed by atoms with van der Waals surface area (Å²) in [5.41, 5.74) is 0.658. The van der Waals surface area contributed by atoms with Crippen LogP contribution in [-0.2, 0) is 4.74 Å². The summed E-state index contributed by atoms with van der Waals surface area (Å²) in [5, 5.41) is 14.1. The molecule has 0 spiro atoms. The second-order valence-electron chi connectivity index (χ2n) is 7.36. The molecule has 1 aromatic heterocycles. The average Bonchev–Trinajstić information content (AvgIpc) is 3.53. The van der Waals surface area contributed by atoms with E-state index in [0.29, 0.717) is 45.8 Å². The SMILES string of the molecule is COCCOc1ncc(C(=O)NCC(C)(O)C2CC2)cc1-c1ccc(Cl)cc1Cl. The fourth-order valence-corrected chi connectivity index (χ4v) is 3.54. The first-order chi connectivity index (χ1) is 13.8. The summed E-state index contributed by atoms with van der Waals surface area (Å²) in [6.07, 6.45) is 3.41. The Morgan fingerprint density at radius 3 is 2.69 bits per heavy atom. The van der Waals surface area contributed by atoms with E-state index in [2.05, 4.69) is 10.3 Å². The number of nitrogens with one attached hydrogen (secondary N) is 1. The molecule has 1 amide bonds. The van der Waals surface area contributed by atoms with E-state index >= 15 is 0 Å². The molecule has 1 unspecified atom stereocenters. The molecule has 8 heteroatoms. The molecular weight excluding hydrogens is 415 g/mol. The maximum Gasteiger partial charge on any atom is 0.252 e. The topological polar surface area (TPSA) is 80.7 Å². The molecule has 0 radical (unpaired) electrons. The third-order valence-corrected chi connectivity index (χ3v) is 5.47. The van der Waals surface area contributed by atoms with Gasteiger partial charge in [0.2, 0.25) is 5.88 Å². The highest BCUT2D eigenvalue weighted by molar-refractivity contribution is 6.36. The first kappa shape index (κ1) is 21.8. The molecule has 2 N–H and O–H groups in total. The highest BCUT2D eigenvalue weighted by atomic mass is 35.5. The van der Waals surface area contributed by atoms with Gasteiger partial charge in [-0.05, 0) is 43.9 Å². The Kier molecular flexibility index (Phi) is 7.01. The van der Waals surface area contributed by atoms with Crippen LogP contribution in [-0.4, -0.2) is 48.5 Å². The minimum Gasteiger partial charge on any atom is -0.475 e. The fourth-order valence-electron chi connectivity index (χ4n) is 3.02. The standard InChI is InChI=1S/C21H24Cl2N2O4/c1-21(27,14-3-4-14)12-25-19(26)13-9-17(16-6-5-15(22)10-18(16)23)20(24-11-13)29-8-7-28-2/h5-6,9-11,14,27H,3-4,7-8,12H2,1-2H3,(H,25,26). The monoisotopic (exact) mass is 438 g/mol. The maximum atomic E-state index is 12.7. The Morgan fingerprint density at radius 2 is 2.03 bits per heavy atom. The molecule has 1 fully saturated rings. The molecule has 1 saturated carbocycles. The van der Waals surface area contributed by atoms with Gasteiger partial charge in [-0.3, -0.25) is 4.79 Å². The van der Waals surface area contributed by atoms with E-state index in [0.717, 1.165) is 12.8 Å². The number of carbonyl (C=O) groups is 1. The van der Waals surface area contributed by atoms with Crippen molar-refractivity contribution in [2.24, 2.45) is 5.92 Å². The molecule has 1 aromatic carbocycles. The molecule has 29 heavy (non-hydrogen) atoms. The van der Waals surface area contributed by atoms with E-state index in [-0.39, 0.29) is 18.4 Å². The maximum absolute atomic E-state index is 12.7. The number of ether oxygens (including phenoxy) is 2. The number of hydrogen-bond acceptors (Lipinski definition) is 5. The third-order valence-electron chi connectivity index (χ3n) is 4.92. The number of aliphatic hydroxyl groups is 1. The number of methoxy groups -OCH3 is 1. The van der Waals surface area contributed by atoms with Crippen LogP contribution in [0.1, 0.15) is 30.1 Å². The Bertz CT molecular complexity index is 885. The normalized spacial score (nSPS) is 15.6. The van der Waals surface area contributed by atoms with Crippen LogP contribution in [0.5, 0.6) is 5.88 Å². The molecule has 0 aliphatic heterocycles. The van der Waals surface area contributed by atoms with Gasteiger partial charge in [-0.15, -0.1) is 0 Å². The number of halogens is 2. The summed E-state index contributed by atoms with van der Waals surface area (Å²) in [6, 6.07) is 6.76. The molecule has 3 rings (SSSR count). The Labute approximate surface area is 180 Å². The smallest absolute Gasteiger partial charge is 0.252 e. The lowest BCUT2D eigenvalue weighted by molar-refractivity contribution is 0.0354. The minimum atomic E-state index is -0.908. The van der Waals surface area contributed by atoms with Crippen LogP contribution in [0, 0.1) is 5.92 Å². The van der Waals surface area contributed by atoms with Crippen molar-refractivity contribution < 1.29 is 19.4 Å². The summed E-state index contributed by atoms with van der Waals surface area (Å²) >= 11 is 12.4. The molecule has 1 heterocycles. The molecule has 2 aromatic rings. The zero-order chi connectivity index (χ0) is 21.0. The molecular formula is C21H24Cl2N2O4. The quantitative estimate of drug-likeness (QED) is 0.578. The van der Waals surface area contributed by atoms with Gasteiger partial charge < -0.3 is 19.9 Å². The van der Waals surface area contributed by atoms with Crippen molar-refractivity contribution in [2.75, 3.05) is 26.9 Å². The van der Waals surface area contributed by atoms with Crippen molar-refractivity contribution in [1.29, 1.82) is 0 Å². The summed E-state index contributed by atoms with van der Waals surface area (Å²) in [6.45, 7) is 2.62. The van der Waals surface area contributed by atoms with E-state index in [4.69, 9.17) is 32.7 Å². The largest absolute Gasteiger partial charge is 0.475 e. The molecule has 1 aliphatic rings. The summed E-state index contributed by atoms with van der Waals surface area (Å²) < 4.78 is 10.7. The average molecular weight is 439 g/mol. The van der Waals surface area contributed by atoms with Gasteiger partial charge in [0, 0.05) is 36.0 Å². The second kappa shape index (κ2) is 9.30. The zero-order valence-corrected chi connectivity index (χ0v) is 17.9. The highest BCUT2D eigenvalue weighted by Crippen LogP contribution is 2.39. The van der Waals surface area contributed by atoms with Gasteiger partial charge in [-0.2, -0.15) is 0 Å². The van der Waals surface area contributed by atoms with E-state index in [1.165, 1.54) is 6.20 Å². The summed E-state index contributed by atoms with van der Waals surface area (Å²) in [7, 11) is 1.58. The molecule has 0 saturated heterocycles. The third kappa shape index (κ3) is 5.60. The van der Waals surface area contributed by atoms with Gasteiger partial charge in [0.05, 0.1) is 22.8 Å². The van der Waals surface area contributed by atoms with Crippen molar-refractivity contribution >= 4 is 29.1 Å². The molecule has 156 valence electrons. The molecule has 1 aliphatic carbocycles. The van der Waals surface area contributed by atoms with Crippen LogP contribution in [0.4, 0.5) is 0 Å². The number of hydrogen-bond donors (Lipinski definition) is 2. The Hall–Kier alpha value is -1.86. The van der Waals surface area contributed by atoms with Gasteiger partial charge in [0.15, 0.2) is 0 Å². The van der Waals surface area contributed by atoms with Crippen LogP contribution in [0.2, 0.25) is 10.0 Å². The van der Waals surface area contributed by atoms with E-state index in [1.807, 2.05) is 0 Å². The molecule has 6 nitrogen and oxygen atoms in total. The minimum absolute atomic E-state index is 0.180. The van der Waals surface area contributed by atoms with E-state index in [9.17, 15) is 9.90 Å². The number of benzene rings is 1. The summed E-state index contributed by atoms with van der Waals surface area (Å²) in [5.74, 6) is 0.252. The first-order valence-electron chi connectivity index (χ1n) is 9.39. The number of amides is 1. The van der Waals surface area contributed by atoms with Gasteiger partial charge >= 0.3 is 0 Å². The van der Waals surface area contributed by atoms with E-state index in [1.54, 1.807) is 38.3 Å². The number of aromatic nitrogens is 1. The first-order valence-corrected chi connectivity index (χ1v) is 10.1.